The summed E-state index contributed by atoms with van der Waals surface area (Å²) in [7, 11) is 1.55. The molecule has 21 heavy (non-hydrogen) atoms. The first kappa shape index (κ1) is 15.1. The molecule has 1 aliphatic rings. The van der Waals surface area contributed by atoms with Gasteiger partial charge < -0.3 is 21.5 Å². The van der Waals surface area contributed by atoms with Crippen molar-refractivity contribution in [3.8, 4) is 5.75 Å². The maximum absolute atomic E-state index is 12.0. The van der Waals surface area contributed by atoms with Gasteiger partial charge in [0.05, 0.1) is 30.9 Å². The quantitative estimate of drug-likeness (QED) is 0.663. The second kappa shape index (κ2) is 6.45. The average molecular weight is 292 g/mol. The van der Waals surface area contributed by atoms with Crippen LogP contribution in [0.1, 0.15) is 6.42 Å². The Bertz CT molecular complexity index is 547. The number of nitrogens with two attached hydrogens (primary N) is 2. The molecule has 0 saturated carbocycles. The number of hydrogen-bond donors (Lipinski definition) is 3. The van der Waals surface area contributed by atoms with E-state index in [9.17, 15) is 9.59 Å². The zero-order valence-corrected chi connectivity index (χ0v) is 12.0. The van der Waals surface area contributed by atoms with Crippen LogP contribution in [0, 0.1) is 5.92 Å². The number of carbonyl (C=O) groups is 2. The average Bonchev–Trinajstić information content (AvgIpc) is 2.89. The van der Waals surface area contributed by atoms with Crippen LogP contribution in [-0.4, -0.2) is 43.5 Å². The highest BCUT2D eigenvalue weighted by Crippen LogP contribution is 2.24. The van der Waals surface area contributed by atoms with Crippen molar-refractivity contribution in [1.82, 2.24) is 4.90 Å². The molecule has 0 radical (unpaired) electrons. The normalized spacial score (nSPS) is 18.4. The number of nitrogen functional groups attached to an aromatic ring is 1. The number of likely N-dealkylation sites (tertiary alicyclic amines) is 1. The molecule has 1 atom stereocenters. The van der Waals surface area contributed by atoms with E-state index in [1.54, 1.807) is 25.3 Å². The van der Waals surface area contributed by atoms with Crippen LogP contribution in [0.15, 0.2) is 18.2 Å². The number of nitrogens with one attached hydrogen (secondary N) is 1. The van der Waals surface area contributed by atoms with Crippen molar-refractivity contribution < 1.29 is 14.3 Å². The van der Waals surface area contributed by atoms with Gasteiger partial charge in [-0.2, -0.15) is 0 Å². The Labute approximate surface area is 123 Å². The fourth-order valence-electron chi connectivity index (χ4n) is 2.38. The van der Waals surface area contributed by atoms with Gasteiger partial charge in [-0.1, -0.05) is 0 Å². The monoisotopic (exact) mass is 292 g/mol. The van der Waals surface area contributed by atoms with Gasteiger partial charge in [-0.25, -0.2) is 0 Å². The van der Waals surface area contributed by atoms with Gasteiger partial charge in [0.2, 0.25) is 11.8 Å². The lowest BCUT2D eigenvalue weighted by atomic mass is 10.1. The van der Waals surface area contributed by atoms with Crippen molar-refractivity contribution in [2.75, 3.05) is 37.8 Å². The first-order valence-electron chi connectivity index (χ1n) is 6.74. The maximum Gasteiger partial charge on any atom is 0.238 e. The molecule has 1 saturated heterocycles. The van der Waals surface area contributed by atoms with Crippen LogP contribution in [0.2, 0.25) is 0 Å². The predicted molar refractivity (Wildman–Crippen MR) is 79.8 cm³/mol. The number of ether oxygens (including phenoxy) is 1. The molecule has 2 rings (SSSR count). The number of rotatable bonds is 5. The number of methoxy groups -OCH3 is 1. The molecular formula is C14H20N4O3. The molecule has 0 spiro atoms. The summed E-state index contributed by atoms with van der Waals surface area (Å²) in [6.07, 6.45) is 0.702. The fourth-order valence-corrected chi connectivity index (χ4v) is 2.38. The summed E-state index contributed by atoms with van der Waals surface area (Å²) in [5.41, 5.74) is 12.1. The van der Waals surface area contributed by atoms with Crippen molar-refractivity contribution >= 4 is 23.2 Å². The predicted octanol–water partition coefficient (Wildman–Crippen LogP) is 0.0231. The van der Waals surface area contributed by atoms with Crippen molar-refractivity contribution in [1.29, 1.82) is 0 Å². The van der Waals surface area contributed by atoms with Crippen molar-refractivity contribution in [2.24, 2.45) is 11.7 Å². The van der Waals surface area contributed by atoms with E-state index >= 15 is 0 Å². The molecule has 114 valence electrons. The summed E-state index contributed by atoms with van der Waals surface area (Å²) >= 11 is 0. The number of hydrogen-bond acceptors (Lipinski definition) is 5. The van der Waals surface area contributed by atoms with Crippen molar-refractivity contribution in [3.05, 3.63) is 18.2 Å². The summed E-state index contributed by atoms with van der Waals surface area (Å²) < 4.78 is 5.05. The zero-order valence-electron chi connectivity index (χ0n) is 12.0. The van der Waals surface area contributed by atoms with E-state index < -0.39 is 0 Å². The Morgan fingerprint density at radius 3 is 2.81 bits per heavy atom. The number of carbonyl (C=O) groups excluding carboxylic acids is 2. The van der Waals surface area contributed by atoms with Crippen molar-refractivity contribution in [3.63, 3.8) is 0 Å². The smallest absolute Gasteiger partial charge is 0.238 e. The minimum Gasteiger partial charge on any atom is -0.497 e. The Hall–Kier alpha value is -2.28. The SMILES string of the molecule is COc1ccc(NC(=O)CN2CCC(C(N)=O)C2)c(N)c1. The van der Waals surface area contributed by atoms with Crippen LogP contribution >= 0.6 is 0 Å². The van der Waals surface area contributed by atoms with E-state index in [2.05, 4.69) is 5.32 Å². The molecule has 5 N–H and O–H groups in total. The van der Waals surface area contributed by atoms with Crippen LogP contribution in [0.25, 0.3) is 0 Å². The molecule has 1 heterocycles. The van der Waals surface area contributed by atoms with Crippen LogP contribution in [0.5, 0.6) is 5.75 Å². The van der Waals surface area contributed by atoms with Gasteiger partial charge in [-0.15, -0.1) is 0 Å². The third-order valence-corrected chi connectivity index (χ3v) is 3.57. The molecule has 1 aromatic rings. The maximum atomic E-state index is 12.0. The molecule has 1 aromatic carbocycles. The number of amides is 2. The Morgan fingerprint density at radius 2 is 2.24 bits per heavy atom. The molecule has 1 unspecified atom stereocenters. The highest BCUT2D eigenvalue weighted by molar-refractivity contribution is 5.95. The van der Waals surface area contributed by atoms with Crippen LogP contribution in [0.4, 0.5) is 11.4 Å². The summed E-state index contributed by atoms with van der Waals surface area (Å²) in [4.78, 5) is 25.0. The third kappa shape index (κ3) is 3.85. The van der Waals surface area contributed by atoms with E-state index in [4.69, 9.17) is 16.2 Å². The Morgan fingerprint density at radius 1 is 1.48 bits per heavy atom. The molecule has 0 aliphatic carbocycles. The van der Waals surface area contributed by atoms with Gasteiger partial charge in [-0.05, 0) is 25.1 Å². The minimum absolute atomic E-state index is 0.163. The van der Waals surface area contributed by atoms with Crippen LogP contribution < -0.4 is 21.5 Å². The van der Waals surface area contributed by atoms with Gasteiger partial charge in [0, 0.05) is 12.6 Å². The van der Waals surface area contributed by atoms with Crippen LogP contribution in [0.3, 0.4) is 0 Å². The number of benzene rings is 1. The van der Waals surface area contributed by atoms with Gasteiger partial charge in [0.1, 0.15) is 5.75 Å². The van der Waals surface area contributed by atoms with E-state index in [0.29, 0.717) is 36.6 Å². The summed E-state index contributed by atoms with van der Waals surface area (Å²) in [5.74, 6) is -0.00695. The largest absolute Gasteiger partial charge is 0.497 e. The minimum atomic E-state index is -0.308. The van der Waals surface area contributed by atoms with Gasteiger partial charge in [-0.3, -0.25) is 14.5 Å². The van der Waals surface area contributed by atoms with Gasteiger partial charge in [0.15, 0.2) is 0 Å². The molecule has 0 bridgehead atoms. The Kier molecular flexibility index (Phi) is 4.64. The highest BCUT2D eigenvalue weighted by atomic mass is 16.5. The zero-order chi connectivity index (χ0) is 15.4. The lowest BCUT2D eigenvalue weighted by molar-refractivity contribution is -0.122. The van der Waals surface area contributed by atoms with E-state index in [0.717, 1.165) is 0 Å². The number of primary amides is 1. The summed E-state index contributed by atoms with van der Waals surface area (Å²) in [5, 5.41) is 2.76. The van der Waals surface area contributed by atoms with Crippen molar-refractivity contribution in [2.45, 2.75) is 6.42 Å². The molecular weight excluding hydrogens is 272 g/mol. The first-order valence-corrected chi connectivity index (χ1v) is 6.74. The van der Waals surface area contributed by atoms with E-state index in [1.165, 1.54) is 0 Å². The van der Waals surface area contributed by atoms with Gasteiger partial charge >= 0.3 is 0 Å². The topological polar surface area (TPSA) is 111 Å². The fraction of sp³-hybridized carbons (Fsp3) is 0.429. The molecule has 0 aromatic heterocycles. The summed E-state index contributed by atoms with van der Waals surface area (Å²) in [6.45, 7) is 1.44. The molecule has 7 nitrogen and oxygen atoms in total. The van der Waals surface area contributed by atoms with Gasteiger partial charge in [0.25, 0.3) is 0 Å². The Balaban J connectivity index is 1.89. The second-order valence-corrected chi connectivity index (χ2v) is 5.12. The molecule has 1 aliphatic heterocycles. The molecule has 1 fully saturated rings. The third-order valence-electron chi connectivity index (χ3n) is 3.57. The van der Waals surface area contributed by atoms with Crippen LogP contribution in [-0.2, 0) is 9.59 Å². The standard InChI is InChI=1S/C14H20N4O3/c1-21-10-2-3-12(11(15)6-10)17-13(19)8-18-5-4-9(7-18)14(16)20/h2-3,6,9H,4-5,7-8,15H2,1H3,(H2,16,20)(H,17,19). The summed E-state index contributed by atoms with van der Waals surface area (Å²) in [6, 6.07) is 5.07. The van der Waals surface area contributed by atoms with E-state index in [1.807, 2.05) is 4.90 Å². The van der Waals surface area contributed by atoms with E-state index in [-0.39, 0.29) is 24.3 Å². The lowest BCUT2D eigenvalue weighted by Crippen LogP contribution is -2.33. The molecule has 2 amide bonds. The number of anilines is 2. The molecule has 7 heteroatoms. The number of nitrogens with zero attached hydrogens (tertiary/aromatic N) is 1. The lowest BCUT2D eigenvalue weighted by Gasteiger charge is -2.16. The highest BCUT2D eigenvalue weighted by Gasteiger charge is 2.27. The first-order chi connectivity index (χ1) is 9.99. The second-order valence-electron chi connectivity index (χ2n) is 5.12.